The molecular weight excluding hydrogens is 282 g/mol. The minimum absolute atomic E-state index is 0.0871. The van der Waals surface area contributed by atoms with E-state index in [4.69, 9.17) is 9.47 Å². The summed E-state index contributed by atoms with van der Waals surface area (Å²) >= 11 is 0. The molecule has 0 saturated carbocycles. The van der Waals surface area contributed by atoms with Crippen LogP contribution in [0.5, 0.6) is 0 Å². The number of amides is 1. The number of hydrogen-bond donors (Lipinski definition) is 2. The lowest BCUT2D eigenvalue weighted by Crippen LogP contribution is -2.45. The number of carbonyl (C=O) groups excluding carboxylic acids is 1. The molecule has 1 amide bonds. The van der Waals surface area contributed by atoms with Crippen LogP contribution in [0.3, 0.4) is 0 Å². The van der Waals surface area contributed by atoms with Crippen molar-refractivity contribution in [3.8, 4) is 0 Å². The van der Waals surface area contributed by atoms with Crippen molar-refractivity contribution in [2.45, 2.75) is 38.2 Å². The third-order valence-corrected chi connectivity index (χ3v) is 3.44. The number of alkyl carbamates (subject to hydrolysis) is 1. The Kier molecular flexibility index (Phi) is 6.84. The highest BCUT2D eigenvalue weighted by Gasteiger charge is 2.32. The van der Waals surface area contributed by atoms with Crippen LogP contribution in [-0.4, -0.2) is 43.7 Å². The fourth-order valence-corrected chi connectivity index (χ4v) is 2.21. The fraction of sp³-hybridized carbons (Fsp3) is 0.588. The van der Waals surface area contributed by atoms with Gasteiger partial charge in [0.1, 0.15) is 5.60 Å². The Hall–Kier alpha value is -1.59. The molecule has 1 aromatic rings. The Morgan fingerprint density at radius 3 is 2.36 bits per heavy atom. The van der Waals surface area contributed by atoms with Crippen LogP contribution in [0.1, 0.15) is 32.8 Å². The van der Waals surface area contributed by atoms with E-state index in [1.54, 1.807) is 7.11 Å². The average molecular weight is 309 g/mol. The summed E-state index contributed by atoms with van der Waals surface area (Å²) in [4.78, 5) is 11.9. The lowest BCUT2D eigenvalue weighted by atomic mass is 9.78. The number of methoxy groups -OCH3 is 1. The van der Waals surface area contributed by atoms with E-state index in [2.05, 4.69) is 5.32 Å². The van der Waals surface area contributed by atoms with E-state index in [1.807, 2.05) is 51.1 Å². The molecule has 0 bridgehead atoms. The van der Waals surface area contributed by atoms with Crippen molar-refractivity contribution < 1.29 is 19.4 Å². The van der Waals surface area contributed by atoms with Crippen LogP contribution in [-0.2, 0) is 14.9 Å². The zero-order valence-corrected chi connectivity index (χ0v) is 13.9. The molecule has 5 nitrogen and oxygen atoms in total. The Morgan fingerprint density at radius 1 is 1.23 bits per heavy atom. The van der Waals surface area contributed by atoms with E-state index in [0.29, 0.717) is 13.0 Å². The third-order valence-electron chi connectivity index (χ3n) is 3.44. The maximum atomic E-state index is 11.9. The van der Waals surface area contributed by atoms with Crippen molar-refractivity contribution in [1.82, 2.24) is 5.32 Å². The number of aliphatic hydroxyl groups is 1. The first-order valence-corrected chi connectivity index (χ1v) is 7.45. The number of nitrogens with one attached hydrogen (secondary N) is 1. The molecule has 1 unspecified atom stereocenters. The molecule has 5 heteroatoms. The van der Waals surface area contributed by atoms with Gasteiger partial charge in [-0.1, -0.05) is 30.3 Å². The number of aliphatic hydroxyl groups excluding tert-OH is 1. The van der Waals surface area contributed by atoms with Gasteiger partial charge in [0.2, 0.25) is 0 Å². The summed E-state index contributed by atoms with van der Waals surface area (Å²) in [7, 11) is 1.62. The summed E-state index contributed by atoms with van der Waals surface area (Å²) in [6.07, 6.45) is 0.110. The van der Waals surface area contributed by atoms with Crippen LogP contribution < -0.4 is 5.32 Å². The van der Waals surface area contributed by atoms with Crippen LogP contribution in [0.25, 0.3) is 0 Å². The van der Waals surface area contributed by atoms with Gasteiger partial charge in [-0.3, -0.25) is 0 Å². The van der Waals surface area contributed by atoms with Crippen molar-refractivity contribution in [2.24, 2.45) is 0 Å². The molecule has 0 heterocycles. The molecule has 124 valence electrons. The van der Waals surface area contributed by atoms with Crippen molar-refractivity contribution >= 4 is 6.09 Å². The quantitative estimate of drug-likeness (QED) is 0.812. The number of rotatable bonds is 7. The van der Waals surface area contributed by atoms with Gasteiger partial charge >= 0.3 is 6.09 Å². The lowest BCUT2D eigenvalue weighted by Gasteiger charge is -2.33. The lowest BCUT2D eigenvalue weighted by molar-refractivity contribution is 0.0489. The number of hydrogen-bond acceptors (Lipinski definition) is 4. The summed E-state index contributed by atoms with van der Waals surface area (Å²) in [6, 6.07) is 9.65. The Bertz CT molecular complexity index is 455. The predicted octanol–water partition coefficient (Wildman–Crippen LogP) is 2.48. The maximum Gasteiger partial charge on any atom is 0.407 e. The van der Waals surface area contributed by atoms with E-state index < -0.39 is 17.1 Å². The zero-order valence-electron chi connectivity index (χ0n) is 13.9. The molecule has 2 N–H and O–H groups in total. The van der Waals surface area contributed by atoms with Gasteiger partial charge in [-0.25, -0.2) is 4.79 Å². The largest absolute Gasteiger partial charge is 0.444 e. The summed E-state index contributed by atoms with van der Waals surface area (Å²) in [6.45, 7) is 6.13. The highest BCUT2D eigenvalue weighted by atomic mass is 16.6. The molecule has 0 aliphatic carbocycles. The summed E-state index contributed by atoms with van der Waals surface area (Å²) < 4.78 is 10.4. The van der Waals surface area contributed by atoms with Crippen LogP contribution >= 0.6 is 0 Å². The minimum Gasteiger partial charge on any atom is -0.444 e. The van der Waals surface area contributed by atoms with E-state index in [9.17, 15) is 9.90 Å². The molecule has 0 aliphatic rings. The molecule has 22 heavy (non-hydrogen) atoms. The van der Waals surface area contributed by atoms with Crippen molar-refractivity contribution in [1.29, 1.82) is 0 Å². The second-order valence-electron chi connectivity index (χ2n) is 6.40. The smallest absolute Gasteiger partial charge is 0.407 e. The summed E-state index contributed by atoms with van der Waals surface area (Å²) in [5.41, 5.74) is -0.176. The normalized spacial score (nSPS) is 14.2. The van der Waals surface area contributed by atoms with E-state index in [0.717, 1.165) is 5.56 Å². The Balaban J connectivity index is 2.84. The van der Waals surface area contributed by atoms with Crippen molar-refractivity contribution in [3.05, 3.63) is 35.9 Å². The Labute approximate surface area is 132 Å². The van der Waals surface area contributed by atoms with Gasteiger partial charge < -0.3 is 19.9 Å². The van der Waals surface area contributed by atoms with Crippen LogP contribution in [0.15, 0.2) is 30.3 Å². The van der Waals surface area contributed by atoms with Gasteiger partial charge in [0, 0.05) is 25.7 Å². The second-order valence-corrected chi connectivity index (χ2v) is 6.40. The minimum atomic E-state index is -0.589. The maximum absolute atomic E-state index is 11.9. The molecule has 1 rings (SSSR count). The molecule has 0 aromatic heterocycles. The van der Waals surface area contributed by atoms with Gasteiger partial charge in [0.05, 0.1) is 6.61 Å². The standard InChI is InChI=1S/C17H27NO4/c1-16(2,3)22-15(20)18-12-17(13-19,10-11-21-4)14-8-6-5-7-9-14/h5-9,19H,10-13H2,1-4H3,(H,18,20). The first-order valence-electron chi connectivity index (χ1n) is 7.45. The highest BCUT2D eigenvalue weighted by molar-refractivity contribution is 5.67. The molecule has 1 aromatic carbocycles. The second kappa shape index (κ2) is 8.15. The fourth-order valence-electron chi connectivity index (χ4n) is 2.21. The molecule has 0 saturated heterocycles. The number of benzene rings is 1. The van der Waals surface area contributed by atoms with Crippen LogP contribution in [0.4, 0.5) is 4.79 Å². The first-order chi connectivity index (χ1) is 10.3. The summed E-state index contributed by atoms with van der Waals surface area (Å²) in [5, 5.41) is 12.7. The third kappa shape index (κ3) is 5.66. The molecule has 0 fully saturated rings. The van der Waals surface area contributed by atoms with Gasteiger partial charge in [0.15, 0.2) is 0 Å². The molecule has 1 atom stereocenters. The molecule has 0 spiro atoms. The van der Waals surface area contributed by atoms with E-state index in [1.165, 1.54) is 0 Å². The monoisotopic (exact) mass is 309 g/mol. The Morgan fingerprint density at radius 2 is 1.86 bits per heavy atom. The number of ether oxygens (including phenoxy) is 2. The van der Waals surface area contributed by atoms with Gasteiger partial charge in [-0.15, -0.1) is 0 Å². The van der Waals surface area contributed by atoms with Crippen LogP contribution in [0, 0.1) is 0 Å². The van der Waals surface area contributed by atoms with Gasteiger partial charge in [-0.2, -0.15) is 0 Å². The van der Waals surface area contributed by atoms with Crippen LogP contribution in [0.2, 0.25) is 0 Å². The number of carbonyl (C=O) groups is 1. The highest BCUT2D eigenvalue weighted by Crippen LogP contribution is 2.27. The zero-order chi connectivity index (χ0) is 16.6. The molecule has 0 aliphatic heterocycles. The SMILES string of the molecule is COCCC(CO)(CNC(=O)OC(C)(C)C)c1ccccc1. The molecule has 0 radical (unpaired) electrons. The summed E-state index contributed by atoms with van der Waals surface area (Å²) in [5.74, 6) is 0. The van der Waals surface area contributed by atoms with E-state index >= 15 is 0 Å². The first kappa shape index (κ1) is 18.5. The van der Waals surface area contributed by atoms with Crippen molar-refractivity contribution in [2.75, 3.05) is 26.9 Å². The van der Waals surface area contributed by atoms with E-state index in [-0.39, 0.29) is 13.2 Å². The van der Waals surface area contributed by atoms with Gasteiger partial charge in [-0.05, 0) is 32.8 Å². The average Bonchev–Trinajstić information content (AvgIpc) is 2.47. The molecular formula is C17H27NO4. The predicted molar refractivity (Wildman–Crippen MR) is 85.9 cm³/mol. The topological polar surface area (TPSA) is 67.8 Å². The van der Waals surface area contributed by atoms with Gasteiger partial charge in [0.25, 0.3) is 0 Å². The van der Waals surface area contributed by atoms with Crippen molar-refractivity contribution in [3.63, 3.8) is 0 Å².